The first kappa shape index (κ1) is 6.46. The van der Waals surface area contributed by atoms with E-state index in [0.29, 0.717) is 6.04 Å². The van der Waals surface area contributed by atoms with Gasteiger partial charge in [-0.1, -0.05) is 5.21 Å². The van der Waals surface area contributed by atoms with Crippen molar-refractivity contribution in [2.45, 2.75) is 31.7 Å². The molecule has 0 atom stereocenters. The zero-order valence-corrected chi connectivity index (χ0v) is 6.95. The summed E-state index contributed by atoms with van der Waals surface area (Å²) in [6.07, 6.45) is 4.83. The van der Waals surface area contributed by atoms with Gasteiger partial charge < -0.3 is 5.32 Å². The molecule has 4 heteroatoms. The van der Waals surface area contributed by atoms with Gasteiger partial charge in [-0.25, -0.2) is 4.68 Å². The maximum atomic E-state index is 4.17. The van der Waals surface area contributed by atoms with Crippen LogP contribution in [-0.4, -0.2) is 21.5 Å². The van der Waals surface area contributed by atoms with E-state index >= 15 is 0 Å². The Morgan fingerprint density at radius 1 is 1.42 bits per heavy atom. The lowest BCUT2D eigenvalue weighted by Gasteiger charge is -2.13. The Bertz CT molecular complexity index is 300. The van der Waals surface area contributed by atoms with Crippen LogP contribution in [-0.2, 0) is 6.42 Å². The van der Waals surface area contributed by atoms with E-state index in [1.165, 1.54) is 25.1 Å². The summed E-state index contributed by atoms with van der Waals surface area (Å²) in [7, 11) is 0. The summed E-state index contributed by atoms with van der Waals surface area (Å²) in [5, 5.41) is 11.7. The van der Waals surface area contributed by atoms with Crippen LogP contribution in [0.1, 0.15) is 31.0 Å². The first-order valence-corrected chi connectivity index (χ1v) is 4.63. The SMILES string of the molecule is C1CNc2c(nnn2C2CC2)C1. The fourth-order valence-corrected chi connectivity index (χ4v) is 1.72. The maximum absolute atomic E-state index is 4.17. The first-order chi connectivity index (χ1) is 5.95. The van der Waals surface area contributed by atoms with Gasteiger partial charge in [-0.15, -0.1) is 5.10 Å². The Balaban J connectivity index is 2.03. The average Bonchev–Trinajstić information content (AvgIpc) is 2.86. The smallest absolute Gasteiger partial charge is 0.148 e. The zero-order chi connectivity index (χ0) is 7.97. The predicted molar refractivity (Wildman–Crippen MR) is 45.1 cm³/mol. The number of rotatable bonds is 1. The minimum Gasteiger partial charge on any atom is -0.369 e. The molecule has 0 spiro atoms. The van der Waals surface area contributed by atoms with E-state index in [1.54, 1.807) is 0 Å². The summed E-state index contributed by atoms with van der Waals surface area (Å²) < 4.78 is 2.06. The van der Waals surface area contributed by atoms with Crippen molar-refractivity contribution in [2.24, 2.45) is 0 Å². The predicted octanol–water partition coefficient (Wildman–Crippen LogP) is 0.971. The highest BCUT2D eigenvalue weighted by molar-refractivity contribution is 5.43. The lowest BCUT2D eigenvalue weighted by Crippen LogP contribution is -2.14. The molecule has 0 amide bonds. The maximum Gasteiger partial charge on any atom is 0.148 e. The van der Waals surface area contributed by atoms with Gasteiger partial charge in [-0.2, -0.15) is 0 Å². The van der Waals surface area contributed by atoms with Crippen molar-refractivity contribution < 1.29 is 0 Å². The number of nitrogens with one attached hydrogen (secondary N) is 1. The summed E-state index contributed by atoms with van der Waals surface area (Å²) >= 11 is 0. The van der Waals surface area contributed by atoms with Crippen LogP contribution >= 0.6 is 0 Å². The molecule has 12 heavy (non-hydrogen) atoms. The second-order valence-electron chi connectivity index (χ2n) is 3.59. The zero-order valence-electron chi connectivity index (χ0n) is 6.95. The largest absolute Gasteiger partial charge is 0.369 e. The first-order valence-electron chi connectivity index (χ1n) is 4.63. The van der Waals surface area contributed by atoms with E-state index in [0.717, 1.165) is 18.7 Å². The summed E-state index contributed by atoms with van der Waals surface area (Å²) in [5.41, 5.74) is 1.16. The Kier molecular flexibility index (Phi) is 1.19. The lowest BCUT2D eigenvalue weighted by atomic mass is 10.2. The van der Waals surface area contributed by atoms with Gasteiger partial charge in [-0.3, -0.25) is 0 Å². The highest BCUT2D eigenvalue weighted by atomic mass is 15.5. The van der Waals surface area contributed by atoms with E-state index in [1.807, 2.05) is 0 Å². The third kappa shape index (κ3) is 0.838. The standard InChI is InChI=1S/C8H12N4/c1-2-7-8(9-5-1)12(11-10-7)6-3-4-6/h6,9H,1-5H2. The fourth-order valence-electron chi connectivity index (χ4n) is 1.72. The normalized spacial score (nSPS) is 21.7. The average molecular weight is 164 g/mol. The molecule has 1 aliphatic carbocycles. The van der Waals surface area contributed by atoms with Gasteiger partial charge in [0.25, 0.3) is 0 Å². The third-order valence-electron chi connectivity index (χ3n) is 2.54. The van der Waals surface area contributed by atoms with E-state index < -0.39 is 0 Å². The highest BCUT2D eigenvalue weighted by Crippen LogP contribution is 2.37. The summed E-state index contributed by atoms with van der Waals surface area (Å²) in [4.78, 5) is 0. The van der Waals surface area contributed by atoms with Gasteiger partial charge in [0.05, 0.1) is 6.04 Å². The Hall–Kier alpha value is -1.06. The molecule has 2 heterocycles. The molecule has 0 unspecified atom stereocenters. The Labute approximate surface area is 71.0 Å². The molecule has 0 saturated heterocycles. The number of aryl methyl sites for hydroxylation is 1. The lowest BCUT2D eigenvalue weighted by molar-refractivity contribution is 0.615. The van der Waals surface area contributed by atoms with Gasteiger partial charge >= 0.3 is 0 Å². The van der Waals surface area contributed by atoms with E-state index in [-0.39, 0.29) is 0 Å². The quantitative estimate of drug-likeness (QED) is 0.672. The van der Waals surface area contributed by atoms with Gasteiger partial charge in [0.15, 0.2) is 0 Å². The minimum absolute atomic E-state index is 0.645. The van der Waals surface area contributed by atoms with Crippen LogP contribution in [0.3, 0.4) is 0 Å². The number of hydrogen-bond acceptors (Lipinski definition) is 3. The number of aromatic nitrogens is 3. The van der Waals surface area contributed by atoms with Crippen LogP contribution in [0, 0.1) is 0 Å². The Morgan fingerprint density at radius 3 is 3.17 bits per heavy atom. The molecule has 64 valence electrons. The molecular formula is C8H12N4. The third-order valence-corrected chi connectivity index (χ3v) is 2.54. The molecule has 1 N–H and O–H groups in total. The molecule has 3 rings (SSSR count). The molecule has 4 nitrogen and oxygen atoms in total. The van der Waals surface area contributed by atoms with Gasteiger partial charge in [0, 0.05) is 6.54 Å². The fraction of sp³-hybridized carbons (Fsp3) is 0.750. The van der Waals surface area contributed by atoms with Gasteiger partial charge in [0.1, 0.15) is 11.5 Å². The molecule has 0 radical (unpaired) electrons. The molecule has 0 bridgehead atoms. The molecule has 2 aliphatic rings. The van der Waals surface area contributed by atoms with Crippen LogP contribution in [0.25, 0.3) is 0 Å². The van der Waals surface area contributed by atoms with Gasteiger partial charge in [-0.05, 0) is 25.7 Å². The topological polar surface area (TPSA) is 42.7 Å². The van der Waals surface area contributed by atoms with Crippen molar-refractivity contribution in [2.75, 3.05) is 11.9 Å². The molecule has 1 aromatic heterocycles. The van der Waals surface area contributed by atoms with Crippen LogP contribution in [0.5, 0.6) is 0 Å². The van der Waals surface area contributed by atoms with E-state index in [2.05, 4.69) is 20.3 Å². The second-order valence-corrected chi connectivity index (χ2v) is 3.59. The van der Waals surface area contributed by atoms with Crippen molar-refractivity contribution in [3.8, 4) is 0 Å². The molecule has 1 fully saturated rings. The number of hydrogen-bond donors (Lipinski definition) is 1. The van der Waals surface area contributed by atoms with Crippen LogP contribution in [0.2, 0.25) is 0 Å². The number of fused-ring (bicyclic) bond motifs is 1. The van der Waals surface area contributed by atoms with Crippen LogP contribution in [0.15, 0.2) is 0 Å². The summed E-state index contributed by atoms with van der Waals surface area (Å²) in [6, 6.07) is 0.645. The van der Waals surface area contributed by atoms with Crippen LogP contribution < -0.4 is 5.32 Å². The number of anilines is 1. The second kappa shape index (κ2) is 2.21. The van der Waals surface area contributed by atoms with Crippen molar-refractivity contribution >= 4 is 5.82 Å². The van der Waals surface area contributed by atoms with Crippen LogP contribution in [0.4, 0.5) is 5.82 Å². The molecule has 1 aromatic rings. The van der Waals surface area contributed by atoms with Crippen molar-refractivity contribution in [1.29, 1.82) is 0 Å². The number of nitrogens with zero attached hydrogens (tertiary/aromatic N) is 3. The molecule has 1 aliphatic heterocycles. The monoisotopic (exact) mass is 164 g/mol. The highest BCUT2D eigenvalue weighted by Gasteiger charge is 2.29. The molecular weight excluding hydrogens is 152 g/mol. The van der Waals surface area contributed by atoms with E-state index in [4.69, 9.17) is 0 Å². The van der Waals surface area contributed by atoms with Crippen molar-refractivity contribution in [3.63, 3.8) is 0 Å². The summed E-state index contributed by atoms with van der Waals surface area (Å²) in [6.45, 7) is 1.08. The molecule has 1 saturated carbocycles. The summed E-state index contributed by atoms with van der Waals surface area (Å²) in [5.74, 6) is 1.18. The van der Waals surface area contributed by atoms with Gasteiger partial charge in [0.2, 0.25) is 0 Å². The van der Waals surface area contributed by atoms with Crippen molar-refractivity contribution in [1.82, 2.24) is 15.0 Å². The minimum atomic E-state index is 0.645. The Morgan fingerprint density at radius 2 is 2.33 bits per heavy atom. The molecule has 0 aromatic carbocycles. The van der Waals surface area contributed by atoms with E-state index in [9.17, 15) is 0 Å². The van der Waals surface area contributed by atoms with Crippen molar-refractivity contribution in [3.05, 3.63) is 5.69 Å².